The summed E-state index contributed by atoms with van der Waals surface area (Å²) in [5.74, 6) is 0.582. The number of aliphatic imine (C=N–C) groups is 1. The lowest BCUT2D eigenvalue weighted by Gasteiger charge is -2.23. The van der Waals surface area contributed by atoms with Crippen molar-refractivity contribution in [2.24, 2.45) is 4.99 Å². The third-order valence-electron chi connectivity index (χ3n) is 4.19. The van der Waals surface area contributed by atoms with Gasteiger partial charge in [-0.15, -0.1) is 0 Å². The van der Waals surface area contributed by atoms with Crippen LogP contribution in [-0.4, -0.2) is 55.5 Å². The van der Waals surface area contributed by atoms with Gasteiger partial charge in [0.1, 0.15) is 6.54 Å². The van der Waals surface area contributed by atoms with Gasteiger partial charge in [-0.05, 0) is 45.0 Å². The molecule has 1 heterocycles. The summed E-state index contributed by atoms with van der Waals surface area (Å²) in [6.45, 7) is 8.22. The normalized spacial score (nSPS) is 18.4. The van der Waals surface area contributed by atoms with Gasteiger partial charge < -0.3 is 16.0 Å². The summed E-state index contributed by atoms with van der Waals surface area (Å²) in [5.41, 5.74) is 0.792. The van der Waals surface area contributed by atoms with Crippen molar-refractivity contribution in [1.29, 1.82) is 0 Å². The fraction of sp³-hybridized carbons (Fsp3) is 0.556. The maximum absolute atomic E-state index is 12.0. The topological polar surface area (TPSA) is 68.8 Å². The van der Waals surface area contributed by atoms with Crippen molar-refractivity contribution in [2.45, 2.75) is 32.7 Å². The van der Waals surface area contributed by atoms with E-state index in [0.717, 1.165) is 25.3 Å². The zero-order valence-electron chi connectivity index (χ0n) is 14.7. The van der Waals surface area contributed by atoms with E-state index >= 15 is 0 Å². The number of anilines is 1. The highest BCUT2D eigenvalue weighted by Gasteiger charge is 2.22. The largest absolute Gasteiger partial charge is 0.357 e. The first kappa shape index (κ1) is 18.3. The van der Waals surface area contributed by atoms with E-state index < -0.39 is 0 Å². The van der Waals surface area contributed by atoms with E-state index in [2.05, 4.69) is 32.8 Å². The molecule has 1 aliphatic rings. The number of para-hydroxylation sites is 1. The minimum absolute atomic E-state index is 0.104. The van der Waals surface area contributed by atoms with Crippen LogP contribution in [0.2, 0.25) is 0 Å². The number of hydrogen-bond donors (Lipinski definition) is 3. The quantitative estimate of drug-likeness (QED) is 0.525. The number of likely N-dealkylation sites (tertiary alicyclic amines) is 1. The van der Waals surface area contributed by atoms with E-state index in [4.69, 9.17) is 0 Å². The summed E-state index contributed by atoms with van der Waals surface area (Å²) < 4.78 is 0. The molecular weight excluding hydrogens is 302 g/mol. The van der Waals surface area contributed by atoms with Crippen LogP contribution in [0.3, 0.4) is 0 Å². The van der Waals surface area contributed by atoms with Crippen molar-refractivity contribution in [2.75, 3.05) is 38.0 Å². The van der Waals surface area contributed by atoms with Gasteiger partial charge >= 0.3 is 0 Å². The van der Waals surface area contributed by atoms with Crippen molar-refractivity contribution < 1.29 is 4.79 Å². The number of benzene rings is 1. The Morgan fingerprint density at radius 3 is 2.75 bits per heavy atom. The van der Waals surface area contributed by atoms with Crippen LogP contribution < -0.4 is 16.0 Å². The third kappa shape index (κ3) is 5.85. The molecule has 6 heteroatoms. The molecule has 1 saturated heterocycles. The van der Waals surface area contributed by atoms with Crippen LogP contribution in [0.15, 0.2) is 35.3 Å². The lowest BCUT2D eigenvalue weighted by Crippen LogP contribution is -2.45. The Labute approximate surface area is 144 Å². The molecule has 3 N–H and O–H groups in total. The Morgan fingerprint density at radius 2 is 2.04 bits per heavy atom. The van der Waals surface area contributed by atoms with Crippen LogP contribution in [0.5, 0.6) is 0 Å². The zero-order chi connectivity index (χ0) is 17.2. The molecule has 0 spiro atoms. The summed E-state index contributed by atoms with van der Waals surface area (Å²) in [7, 11) is 0. The number of guanidine groups is 1. The average Bonchev–Trinajstić information content (AvgIpc) is 3.06. The van der Waals surface area contributed by atoms with Crippen LogP contribution in [0.4, 0.5) is 5.69 Å². The minimum Gasteiger partial charge on any atom is -0.357 e. The van der Waals surface area contributed by atoms with E-state index in [0.29, 0.717) is 12.0 Å². The Morgan fingerprint density at radius 1 is 1.25 bits per heavy atom. The fourth-order valence-corrected chi connectivity index (χ4v) is 2.97. The van der Waals surface area contributed by atoms with E-state index in [1.165, 1.54) is 19.4 Å². The second kappa shape index (κ2) is 9.93. The Bertz CT molecular complexity index is 531. The number of hydrogen-bond acceptors (Lipinski definition) is 3. The number of nitrogens with zero attached hydrogens (tertiary/aromatic N) is 2. The van der Waals surface area contributed by atoms with Gasteiger partial charge in [0.2, 0.25) is 5.91 Å². The molecule has 1 aliphatic heterocycles. The molecule has 24 heavy (non-hydrogen) atoms. The number of amides is 1. The second-order valence-corrected chi connectivity index (χ2v) is 5.91. The summed E-state index contributed by atoms with van der Waals surface area (Å²) in [6.07, 6.45) is 2.47. The van der Waals surface area contributed by atoms with Gasteiger partial charge in [-0.25, -0.2) is 4.99 Å². The highest BCUT2D eigenvalue weighted by Crippen LogP contribution is 2.15. The molecule has 0 saturated carbocycles. The van der Waals surface area contributed by atoms with Crippen molar-refractivity contribution >= 4 is 17.6 Å². The van der Waals surface area contributed by atoms with Crippen LogP contribution in [0.1, 0.15) is 26.7 Å². The summed E-state index contributed by atoms with van der Waals surface area (Å²) in [4.78, 5) is 18.9. The molecule has 6 nitrogen and oxygen atoms in total. The predicted octanol–water partition coefficient (Wildman–Crippen LogP) is 1.66. The van der Waals surface area contributed by atoms with E-state index in [-0.39, 0.29) is 12.5 Å². The Hall–Kier alpha value is -2.08. The lowest BCUT2D eigenvalue weighted by molar-refractivity contribution is -0.114. The van der Waals surface area contributed by atoms with Gasteiger partial charge in [0.25, 0.3) is 0 Å². The smallest absolute Gasteiger partial charge is 0.246 e. The third-order valence-corrected chi connectivity index (χ3v) is 4.19. The molecule has 132 valence electrons. The molecule has 2 rings (SSSR count). The number of likely N-dealkylation sites (N-methyl/N-ethyl adjacent to an activating group) is 1. The van der Waals surface area contributed by atoms with Crippen molar-refractivity contribution in [1.82, 2.24) is 15.5 Å². The van der Waals surface area contributed by atoms with Crippen LogP contribution in [0, 0.1) is 0 Å². The van der Waals surface area contributed by atoms with Crippen LogP contribution in [-0.2, 0) is 4.79 Å². The lowest BCUT2D eigenvalue weighted by atomic mass is 10.2. The Kier molecular flexibility index (Phi) is 7.55. The standard InChI is InChI=1S/C18H29N5O/c1-3-19-18(20-13-16-11-8-12-23(16)4-2)21-14-17(24)22-15-9-6-5-7-10-15/h5-7,9-10,16H,3-4,8,11-14H2,1-2H3,(H,22,24)(H2,19,20,21). The van der Waals surface area contributed by atoms with Gasteiger partial charge in [-0.2, -0.15) is 0 Å². The Balaban J connectivity index is 1.82. The highest BCUT2D eigenvalue weighted by molar-refractivity contribution is 5.94. The van der Waals surface area contributed by atoms with Crippen molar-refractivity contribution in [3.8, 4) is 0 Å². The van der Waals surface area contributed by atoms with E-state index in [1.807, 2.05) is 37.3 Å². The average molecular weight is 331 g/mol. The van der Waals surface area contributed by atoms with E-state index in [1.54, 1.807) is 0 Å². The molecule has 1 atom stereocenters. The molecule has 0 bridgehead atoms. The highest BCUT2D eigenvalue weighted by atomic mass is 16.1. The number of nitrogens with one attached hydrogen (secondary N) is 3. The molecule has 0 radical (unpaired) electrons. The number of carbonyl (C=O) groups is 1. The zero-order valence-corrected chi connectivity index (χ0v) is 14.7. The van der Waals surface area contributed by atoms with Crippen LogP contribution in [0.25, 0.3) is 0 Å². The molecule has 1 aromatic rings. The first-order valence-electron chi connectivity index (χ1n) is 8.84. The SMILES string of the molecule is CCNC(=NCC(=O)Nc1ccccc1)NCC1CCCN1CC. The summed E-state index contributed by atoms with van der Waals surface area (Å²) in [6, 6.07) is 9.99. The van der Waals surface area contributed by atoms with E-state index in [9.17, 15) is 4.79 Å². The van der Waals surface area contributed by atoms with Crippen LogP contribution >= 0.6 is 0 Å². The minimum atomic E-state index is -0.116. The van der Waals surface area contributed by atoms with Gasteiger partial charge in [0.15, 0.2) is 5.96 Å². The maximum atomic E-state index is 12.0. The number of rotatable bonds is 7. The first-order valence-corrected chi connectivity index (χ1v) is 8.84. The molecular formula is C18H29N5O. The molecule has 1 fully saturated rings. The van der Waals surface area contributed by atoms with Crippen molar-refractivity contribution in [3.63, 3.8) is 0 Å². The molecule has 1 amide bonds. The molecule has 1 unspecified atom stereocenters. The number of carbonyl (C=O) groups excluding carboxylic acids is 1. The monoisotopic (exact) mass is 331 g/mol. The van der Waals surface area contributed by atoms with Gasteiger partial charge in [-0.3, -0.25) is 9.69 Å². The van der Waals surface area contributed by atoms with Crippen molar-refractivity contribution in [3.05, 3.63) is 30.3 Å². The molecule has 0 aliphatic carbocycles. The summed E-state index contributed by atoms with van der Waals surface area (Å²) in [5, 5.41) is 9.41. The van der Waals surface area contributed by atoms with Gasteiger partial charge in [-0.1, -0.05) is 25.1 Å². The molecule has 1 aromatic carbocycles. The summed E-state index contributed by atoms with van der Waals surface area (Å²) >= 11 is 0. The predicted molar refractivity (Wildman–Crippen MR) is 99.3 cm³/mol. The maximum Gasteiger partial charge on any atom is 0.246 e. The van der Waals surface area contributed by atoms with Gasteiger partial charge in [0.05, 0.1) is 0 Å². The first-order chi connectivity index (χ1) is 11.7. The second-order valence-electron chi connectivity index (χ2n) is 5.91. The van der Waals surface area contributed by atoms with Gasteiger partial charge in [0, 0.05) is 24.8 Å². The molecule has 0 aromatic heterocycles. The fourth-order valence-electron chi connectivity index (χ4n) is 2.97.